The molecular weight excluding hydrogens is 241 g/mol. The lowest BCUT2D eigenvalue weighted by Crippen LogP contribution is -2.18. The zero-order chi connectivity index (χ0) is 13.7. The van der Waals surface area contributed by atoms with Gasteiger partial charge in [0.25, 0.3) is 0 Å². The van der Waals surface area contributed by atoms with E-state index in [1.165, 1.54) is 6.07 Å². The van der Waals surface area contributed by atoms with Gasteiger partial charge < -0.3 is 10.1 Å². The highest BCUT2D eigenvalue weighted by Gasteiger charge is 2.07. The zero-order valence-electron chi connectivity index (χ0n) is 11.2. The zero-order valence-corrected chi connectivity index (χ0v) is 11.2. The standard InChI is InChI=1S/C16H18FNO/c1-12(13-7-5-8-15(10-13)19-2)18-11-14-6-3-4-9-16(14)17/h3-10,12,18H,11H2,1-2H3/t12-/m0/s1. The molecule has 0 saturated heterocycles. The molecule has 2 aromatic carbocycles. The van der Waals surface area contributed by atoms with Gasteiger partial charge in [-0.2, -0.15) is 0 Å². The summed E-state index contributed by atoms with van der Waals surface area (Å²) in [5.74, 6) is 0.657. The first-order chi connectivity index (χ1) is 9.20. The van der Waals surface area contributed by atoms with Crippen molar-refractivity contribution in [3.05, 3.63) is 65.5 Å². The molecule has 1 atom stereocenters. The van der Waals surface area contributed by atoms with Crippen molar-refractivity contribution in [1.82, 2.24) is 5.32 Å². The highest BCUT2D eigenvalue weighted by molar-refractivity contribution is 5.30. The van der Waals surface area contributed by atoms with Crippen molar-refractivity contribution in [2.24, 2.45) is 0 Å². The maximum atomic E-state index is 13.5. The van der Waals surface area contributed by atoms with E-state index in [0.29, 0.717) is 12.1 Å². The summed E-state index contributed by atoms with van der Waals surface area (Å²) < 4.78 is 18.7. The quantitative estimate of drug-likeness (QED) is 0.884. The first kappa shape index (κ1) is 13.6. The van der Waals surface area contributed by atoms with E-state index < -0.39 is 0 Å². The van der Waals surface area contributed by atoms with Crippen LogP contribution in [0.15, 0.2) is 48.5 Å². The molecule has 0 amide bonds. The Morgan fingerprint density at radius 3 is 2.68 bits per heavy atom. The first-order valence-corrected chi connectivity index (χ1v) is 6.31. The fraction of sp³-hybridized carbons (Fsp3) is 0.250. The van der Waals surface area contributed by atoms with Crippen LogP contribution in [0.1, 0.15) is 24.1 Å². The normalized spacial score (nSPS) is 12.2. The minimum Gasteiger partial charge on any atom is -0.497 e. The predicted octanol–water partition coefficient (Wildman–Crippen LogP) is 3.69. The van der Waals surface area contributed by atoms with Crippen molar-refractivity contribution in [3.8, 4) is 5.75 Å². The molecule has 19 heavy (non-hydrogen) atoms. The number of ether oxygens (including phenoxy) is 1. The summed E-state index contributed by atoms with van der Waals surface area (Å²) >= 11 is 0. The number of rotatable bonds is 5. The highest BCUT2D eigenvalue weighted by atomic mass is 19.1. The van der Waals surface area contributed by atoms with Crippen LogP contribution in [0.3, 0.4) is 0 Å². The van der Waals surface area contributed by atoms with Gasteiger partial charge in [0, 0.05) is 18.2 Å². The van der Waals surface area contributed by atoms with E-state index in [2.05, 4.69) is 12.2 Å². The minimum atomic E-state index is -0.173. The van der Waals surface area contributed by atoms with Gasteiger partial charge in [-0.05, 0) is 30.7 Å². The largest absolute Gasteiger partial charge is 0.497 e. The van der Waals surface area contributed by atoms with E-state index in [1.807, 2.05) is 30.3 Å². The number of methoxy groups -OCH3 is 1. The molecule has 0 heterocycles. The summed E-state index contributed by atoms with van der Waals surface area (Å²) in [5.41, 5.74) is 1.80. The van der Waals surface area contributed by atoms with Crippen LogP contribution < -0.4 is 10.1 Å². The summed E-state index contributed by atoms with van der Waals surface area (Å²) in [7, 11) is 1.65. The fourth-order valence-electron chi connectivity index (χ4n) is 1.93. The number of nitrogens with one attached hydrogen (secondary N) is 1. The van der Waals surface area contributed by atoms with Gasteiger partial charge in [0.1, 0.15) is 11.6 Å². The third kappa shape index (κ3) is 3.55. The van der Waals surface area contributed by atoms with Gasteiger partial charge in [-0.1, -0.05) is 30.3 Å². The molecular formula is C16H18FNO. The summed E-state index contributed by atoms with van der Waals surface area (Å²) in [6, 6.07) is 14.8. The third-order valence-electron chi connectivity index (χ3n) is 3.15. The molecule has 0 fully saturated rings. The average molecular weight is 259 g/mol. The van der Waals surface area contributed by atoms with Crippen LogP contribution in [0.5, 0.6) is 5.75 Å². The molecule has 2 aromatic rings. The van der Waals surface area contributed by atoms with Gasteiger partial charge in [0.15, 0.2) is 0 Å². The van der Waals surface area contributed by atoms with E-state index in [9.17, 15) is 4.39 Å². The van der Waals surface area contributed by atoms with Crippen LogP contribution in [0, 0.1) is 5.82 Å². The predicted molar refractivity (Wildman–Crippen MR) is 74.6 cm³/mol. The lowest BCUT2D eigenvalue weighted by atomic mass is 10.1. The average Bonchev–Trinajstić information content (AvgIpc) is 2.46. The molecule has 0 bridgehead atoms. The van der Waals surface area contributed by atoms with E-state index >= 15 is 0 Å². The van der Waals surface area contributed by atoms with Crippen LogP contribution >= 0.6 is 0 Å². The van der Waals surface area contributed by atoms with Gasteiger partial charge in [0.2, 0.25) is 0 Å². The van der Waals surface area contributed by atoms with E-state index in [-0.39, 0.29) is 11.9 Å². The molecule has 3 heteroatoms. The lowest BCUT2D eigenvalue weighted by Gasteiger charge is -2.15. The molecule has 0 radical (unpaired) electrons. The maximum absolute atomic E-state index is 13.5. The lowest BCUT2D eigenvalue weighted by molar-refractivity contribution is 0.413. The fourth-order valence-corrected chi connectivity index (χ4v) is 1.93. The molecule has 0 aliphatic heterocycles. The van der Waals surface area contributed by atoms with Crippen LogP contribution in [0.25, 0.3) is 0 Å². The van der Waals surface area contributed by atoms with Crippen molar-refractivity contribution >= 4 is 0 Å². The summed E-state index contributed by atoms with van der Waals surface area (Å²) in [6.45, 7) is 2.56. The summed E-state index contributed by atoms with van der Waals surface area (Å²) in [4.78, 5) is 0. The third-order valence-corrected chi connectivity index (χ3v) is 3.15. The van der Waals surface area contributed by atoms with Crippen LogP contribution in [-0.2, 0) is 6.54 Å². The van der Waals surface area contributed by atoms with Gasteiger partial charge in [0.05, 0.1) is 7.11 Å². The van der Waals surface area contributed by atoms with Crippen molar-refractivity contribution in [2.45, 2.75) is 19.5 Å². The summed E-state index contributed by atoms with van der Waals surface area (Å²) in [6.07, 6.45) is 0. The number of hydrogen-bond acceptors (Lipinski definition) is 2. The van der Waals surface area contributed by atoms with Crippen molar-refractivity contribution < 1.29 is 9.13 Å². The second-order valence-corrected chi connectivity index (χ2v) is 4.47. The summed E-state index contributed by atoms with van der Waals surface area (Å²) in [5, 5.41) is 3.31. The first-order valence-electron chi connectivity index (χ1n) is 6.31. The maximum Gasteiger partial charge on any atom is 0.127 e. The molecule has 2 nitrogen and oxygen atoms in total. The van der Waals surface area contributed by atoms with Gasteiger partial charge >= 0.3 is 0 Å². The van der Waals surface area contributed by atoms with Crippen LogP contribution in [0.2, 0.25) is 0 Å². The smallest absolute Gasteiger partial charge is 0.127 e. The Kier molecular flexibility index (Phi) is 4.53. The SMILES string of the molecule is COc1cccc([C@H](C)NCc2ccccc2F)c1. The Labute approximate surface area is 113 Å². The number of benzene rings is 2. The van der Waals surface area contributed by atoms with Gasteiger partial charge in [-0.15, -0.1) is 0 Å². The van der Waals surface area contributed by atoms with E-state index in [1.54, 1.807) is 19.2 Å². The van der Waals surface area contributed by atoms with Crippen LogP contribution in [-0.4, -0.2) is 7.11 Å². The van der Waals surface area contributed by atoms with Gasteiger partial charge in [-0.25, -0.2) is 4.39 Å². The minimum absolute atomic E-state index is 0.134. The number of hydrogen-bond donors (Lipinski definition) is 1. The van der Waals surface area contributed by atoms with Gasteiger partial charge in [-0.3, -0.25) is 0 Å². The Morgan fingerprint density at radius 1 is 1.16 bits per heavy atom. The van der Waals surface area contributed by atoms with Crippen molar-refractivity contribution in [2.75, 3.05) is 7.11 Å². The Hall–Kier alpha value is -1.87. The van der Waals surface area contributed by atoms with E-state index in [0.717, 1.165) is 11.3 Å². The van der Waals surface area contributed by atoms with Crippen molar-refractivity contribution in [1.29, 1.82) is 0 Å². The Balaban J connectivity index is 2.01. The Bertz CT molecular complexity index is 542. The molecule has 0 aliphatic carbocycles. The molecule has 0 unspecified atom stereocenters. The molecule has 1 N–H and O–H groups in total. The topological polar surface area (TPSA) is 21.3 Å². The molecule has 0 saturated carbocycles. The Morgan fingerprint density at radius 2 is 1.95 bits per heavy atom. The molecule has 2 rings (SSSR count). The molecule has 0 aliphatic rings. The molecule has 100 valence electrons. The number of halogens is 1. The molecule has 0 spiro atoms. The van der Waals surface area contributed by atoms with Crippen LogP contribution in [0.4, 0.5) is 4.39 Å². The molecule has 0 aromatic heterocycles. The van der Waals surface area contributed by atoms with E-state index in [4.69, 9.17) is 4.74 Å². The van der Waals surface area contributed by atoms with Crippen molar-refractivity contribution in [3.63, 3.8) is 0 Å². The second-order valence-electron chi connectivity index (χ2n) is 4.47. The monoisotopic (exact) mass is 259 g/mol. The second kappa shape index (κ2) is 6.34. The highest BCUT2D eigenvalue weighted by Crippen LogP contribution is 2.19.